The molecule has 5 heteroatoms. The molecular weight excluding hydrogens is 264 g/mol. The van der Waals surface area contributed by atoms with Crippen LogP contribution >= 0.6 is 0 Å². The summed E-state index contributed by atoms with van der Waals surface area (Å²) < 4.78 is 7.31. The molecule has 21 heavy (non-hydrogen) atoms. The minimum atomic E-state index is 0.217. The van der Waals surface area contributed by atoms with Gasteiger partial charge < -0.3 is 10.1 Å². The molecule has 1 unspecified atom stereocenters. The largest absolute Gasteiger partial charge is 0.496 e. The highest BCUT2D eigenvalue weighted by molar-refractivity contribution is 5.37. The van der Waals surface area contributed by atoms with Crippen LogP contribution in [0.25, 0.3) is 0 Å². The average Bonchev–Trinajstić information content (AvgIpc) is 2.92. The molecule has 1 aromatic heterocycles. The number of hydrogen-bond donors (Lipinski definition) is 1. The molecule has 0 aliphatic carbocycles. The van der Waals surface area contributed by atoms with Crippen LogP contribution in [0.3, 0.4) is 0 Å². The van der Waals surface area contributed by atoms with Crippen molar-refractivity contribution in [2.75, 3.05) is 14.2 Å². The molecule has 0 aliphatic heterocycles. The van der Waals surface area contributed by atoms with Crippen molar-refractivity contribution in [3.8, 4) is 5.75 Å². The summed E-state index contributed by atoms with van der Waals surface area (Å²) in [4.78, 5) is 4.39. The van der Waals surface area contributed by atoms with Crippen LogP contribution in [0.15, 0.2) is 24.5 Å². The van der Waals surface area contributed by atoms with Gasteiger partial charge in [-0.25, -0.2) is 4.98 Å². The Kier molecular flexibility index (Phi) is 5.33. The fraction of sp³-hybridized carbons (Fsp3) is 0.500. The fourth-order valence-corrected chi connectivity index (χ4v) is 2.53. The van der Waals surface area contributed by atoms with E-state index in [1.54, 1.807) is 13.4 Å². The number of hydrogen-bond acceptors (Lipinski definition) is 4. The van der Waals surface area contributed by atoms with Crippen LogP contribution in [-0.2, 0) is 13.0 Å². The van der Waals surface area contributed by atoms with Gasteiger partial charge in [-0.3, -0.25) is 4.68 Å². The lowest BCUT2D eigenvalue weighted by Crippen LogP contribution is -2.21. The molecule has 0 amide bonds. The van der Waals surface area contributed by atoms with Gasteiger partial charge in [0.2, 0.25) is 0 Å². The van der Waals surface area contributed by atoms with Crippen molar-refractivity contribution in [1.82, 2.24) is 20.1 Å². The number of benzene rings is 1. The minimum absolute atomic E-state index is 0.217. The molecule has 2 aromatic rings. The monoisotopic (exact) mass is 288 g/mol. The molecule has 5 nitrogen and oxygen atoms in total. The number of methoxy groups -OCH3 is 1. The Labute approximate surface area is 126 Å². The van der Waals surface area contributed by atoms with Crippen LogP contribution < -0.4 is 10.1 Å². The van der Waals surface area contributed by atoms with Crippen LogP contribution in [0.2, 0.25) is 0 Å². The zero-order chi connectivity index (χ0) is 15.2. The van der Waals surface area contributed by atoms with E-state index in [9.17, 15) is 0 Å². The molecule has 0 spiro atoms. The number of likely N-dealkylation sites (N-methyl/N-ethyl adjacent to an activating group) is 1. The summed E-state index contributed by atoms with van der Waals surface area (Å²) in [6, 6.07) is 6.51. The average molecular weight is 288 g/mol. The minimum Gasteiger partial charge on any atom is -0.496 e. The van der Waals surface area contributed by atoms with Gasteiger partial charge in [-0.15, -0.1) is 0 Å². The zero-order valence-corrected chi connectivity index (χ0v) is 13.3. The van der Waals surface area contributed by atoms with Crippen molar-refractivity contribution < 1.29 is 4.74 Å². The standard InChI is InChI=1S/C16H24N4O/c1-5-8-20-16(18-11-19-20)10-14(17-3)13-6-7-15(21-4)12(2)9-13/h6-7,9,11,14,17H,5,8,10H2,1-4H3. The van der Waals surface area contributed by atoms with E-state index in [-0.39, 0.29) is 6.04 Å². The molecular formula is C16H24N4O. The van der Waals surface area contributed by atoms with E-state index in [0.717, 1.165) is 36.5 Å². The molecule has 1 heterocycles. The highest BCUT2D eigenvalue weighted by Crippen LogP contribution is 2.24. The first-order chi connectivity index (χ1) is 10.2. The van der Waals surface area contributed by atoms with Crippen molar-refractivity contribution in [3.05, 3.63) is 41.5 Å². The SMILES string of the molecule is CCCn1ncnc1CC(NC)c1ccc(OC)c(C)c1. The van der Waals surface area contributed by atoms with Crippen LogP contribution in [0.1, 0.15) is 36.3 Å². The van der Waals surface area contributed by atoms with Gasteiger partial charge in [0.1, 0.15) is 17.9 Å². The summed E-state index contributed by atoms with van der Waals surface area (Å²) in [6.07, 6.45) is 3.52. The number of nitrogens with one attached hydrogen (secondary N) is 1. The molecule has 0 radical (unpaired) electrons. The Morgan fingerprint density at radius 3 is 2.81 bits per heavy atom. The van der Waals surface area contributed by atoms with E-state index in [1.165, 1.54) is 5.56 Å². The van der Waals surface area contributed by atoms with Crippen LogP contribution in [0.5, 0.6) is 5.75 Å². The second kappa shape index (κ2) is 7.22. The number of rotatable bonds is 7. The Hall–Kier alpha value is -1.88. The summed E-state index contributed by atoms with van der Waals surface area (Å²) in [6.45, 7) is 5.12. The van der Waals surface area contributed by atoms with Crippen LogP contribution in [0.4, 0.5) is 0 Å². The Morgan fingerprint density at radius 1 is 1.38 bits per heavy atom. The van der Waals surface area contributed by atoms with E-state index in [0.29, 0.717) is 0 Å². The maximum absolute atomic E-state index is 5.32. The Morgan fingerprint density at radius 2 is 2.19 bits per heavy atom. The van der Waals surface area contributed by atoms with Crippen molar-refractivity contribution in [1.29, 1.82) is 0 Å². The van der Waals surface area contributed by atoms with Crippen molar-refractivity contribution in [2.24, 2.45) is 0 Å². The van der Waals surface area contributed by atoms with Gasteiger partial charge in [-0.2, -0.15) is 5.10 Å². The summed E-state index contributed by atoms with van der Waals surface area (Å²) in [5, 5.41) is 7.66. The molecule has 1 aromatic carbocycles. The zero-order valence-electron chi connectivity index (χ0n) is 13.3. The Balaban J connectivity index is 2.19. The topological polar surface area (TPSA) is 52.0 Å². The van der Waals surface area contributed by atoms with Crippen molar-refractivity contribution in [3.63, 3.8) is 0 Å². The van der Waals surface area contributed by atoms with Gasteiger partial charge in [-0.05, 0) is 37.6 Å². The van der Waals surface area contributed by atoms with E-state index < -0.39 is 0 Å². The van der Waals surface area contributed by atoms with E-state index in [4.69, 9.17) is 4.74 Å². The summed E-state index contributed by atoms with van der Waals surface area (Å²) in [5.41, 5.74) is 2.38. The number of nitrogens with zero attached hydrogens (tertiary/aromatic N) is 3. The second-order valence-corrected chi connectivity index (χ2v) is 5.17. The summed E-state index contributed by atoms with van der Waals surface area (Å²) in [5.74, 6) is 1.94. The first-order valence-corrected chi connectivity index (χ1v) is 7.38. The van der Waals surface area contributed by atoms with Gasteiger partial charge >= 0.3 is 0 Å². The lowest BCUT2D eigenvalue weighted by atomic mass is 10.0. The molecule has 1 N–H and O–H groups in total. The van der Waals surface area contributed by atoms with Crippen LogP contribution in [-0.4, -0.2) is 28.9 Å². The summed E-state index contributed by atoms with van der Waals surface area (Å²) >= 11 is 0. The lowest BCUT2D eigenvalue weighted by Gasteiger charge is -2.18. The van der Waals surface area contributed by atoms with Crippen LogP contribution in [0, 0.1) is 6.92 Å². The third-order valence-electron chi connectivity index (χ3n) is 3.69. The third-order valence-corrected chi connectivity index (χ3v) is 3.69. The highest BCUT2D eigenvalue weighted by Gasteiger charge is 2.15. The third kappa shape index (κ3) is 3.61. The molecule has 1 atom stereocenters. The van der Waals surface area contributed by atoms with E-state index >= 15 is 0 Å². The van der Waals surface area contributed by atoms with E-state index in [1.807, 2.05) is 17.8 Å². The Bertz CT molecular complexity index is 579. The van der Waals surface area contributed by atoms with Gasteiger partial charge in [0.05, 0.1) is 7.11 Å². The predicted molar refractivity (Wildman–Crippen MR) is 83.5 cm³/mol. The summed E-state index contributed by atoms with van der Waals surface area (Å²) in [7, 11) is 3.68. The number of aryl methyl sites for hydroxylation is 2. The number of ether oxygens (including phenoxy) is 1. The van der Waals surface area contributed by atoms with E-state index in [2.05, 4.69) is 41.4 Å². The number of aromatic nitrogens is 3. The molecule has 0 saturated carbocycles. The second-order valence-electron chi connectivity index (χ2n) is 5.17. The normalized spacial score (nSPS) is 12.4. The smallest absolute Gasteiger partial charge is 0.138 e. The molecule has 0 fully saturated rings. The molecule has 114 valence electrons. The fourth-order valence-electron chi connectivity index (χ4n) is 2.53. The van der Waals surface area contributed by atoms with Crippen molar-refractivity contribution in [2.45, 2.75) is 39.3 Å². The predicted octanol–water partition coefficient (Wildman–Crippen LogP) is 2.51. The van der Waals surface area contributed by atoms with Gasteiger partial charge in [-0.1, -0.05) is 19.1 Å². The molecule has 0 saturated heterocycles. The van der Waals surface area contributed by atoms with Gasteiger partial charge in [0.25, 0.3) is 0 Å². The van der Waals surface area contributed by atoms with Crippen molar-refractivity contribution >= 4 is 0 Å². The molecule has 0 bridgehead atoms. The van der Waals surface area contributed by atoms with Gasteiger partial charge in [0.15, 0.2) is 0 Å². The highest BCUT2D eigenvalue weighted by atomic mass is 16.5. The first kappa shape index (κ1) is 15.5. The quantitative estimate of drug-likeness (QED) is 0.850. The first-order valence-electron chi connectivity index (χ1n) is 7.38. The lowest BCUT2D eigenvalue weighted by molar-refractivity contribution is 0.411. The maximum Gasteiger partial charge on any atom is 0.138 e. The van der Waals surface area contributed by atoms with Gasteiger partial charge in [0, 0.05) is 19.0 Å². The maximum atomic E-state index is 5.32. The molecule has 2 rings (SSSR count). The molecule has 0 aliphatic rings.